The molecule has 3 aliphatic carbocycles. The summed E-state index contributed by atoms with van der Waals surface area (Å²) >= 11 is 0. The average Bonchev–Trinajstić information content (AvgIpc) is 3.21. The molecule has 2 saturated carbocycles. The molecule has 6 atom stereocenters. The van der Waals surface area contributed by atoms with Gasteiger partial charge >= 0.3 is 6.03 Å². The molecular weight excluding hydrogens is 665 g/mol. The number of ether oxygens (including phenoxy) is 2. The number of aryl methyl sites for hydroxylation is 2. The van der Waals surface area contributed by atoms with Crippen LogP contribution < -0.4 is 19.7 Å². The van der Waals surface area contributed by atoms with E-state index in [1.54, 1.807) is 13.2 Å². The summed E-state index contributed by atoms with van der Waals surface area (Å²) in [6.07, 6.45) is 11.4. The summed E-state index contributed by atoms with van der Waals surface area (Å²) in [5, 5.41) is 12.5. The molecular formula is C40H54N4O6S. The molecule has 2 bridgehead atoms. The molecule has 11 heteroatoms. The topological polar surface area (TPSA) is 130 Å². The van der Waals surface area contributed by atoms with E-state index in [-0.39, 0.29) is 41.3 Å². The van der Waals surface area contributed by atoms with E-state index in [0.717, 1.165) is 56.6 Å². The maximum absolute atomic E-state index is 14.5. The van der Waals surface area contributed by atoms with Crippen LogP contribution in [0.25, 0.3) is 0 Å². The Morgan fingerprint density at radius 1 is 1.20 bits per heavy atom. The number of urea groups is 1. The van der Waals surface area contributed by atoms with Gasteiger partial charge in [-0.3, -0.25) is 9.52 Å². The highest BCUT2D eigenvalue weighted by Crippen LogP contribution is 2.47. The van der Waals surface area contributed by atoms with Crippen molar-refractivity contribution in [3.8, 4) is 5.75 Å². The maximum Gasteiger partial charge on any atom is 0.327 e. The number of amides is 3. The van der Waals surface area contributed by atoms with Gasteiger partial charge in [-0.1, -0.05) is 49.8 Å². The molecule has 2 aromatic carbocycles. The Balaban J connectivity index is 1.25. The maximum atomic E-state index is 14.5. The first-order valence-electron chi connectivity index (χ1n) is 18.7. The van der Waals surface area contributed by atoms with Gasteiger partial charge in [0.1, 0.15) is 15.7 Å². The smallest absolute Gasteiger partial charge is 0.327 e. The lowest BCUT2D eigenvalue weighted by atomic mass is 9.67. The zero-order valence-corrected chi connectivity index (χ0v) is 31.3. The summed E-state index contributed by atoms with van der Waals surface area (Å²) in [5.41, 5.74) is 4.74. The predicted molar refractivity (Wildman–Crippen MR) is 200 cm³/mol. The normalized spacial score (nSPS) is 35.4. The van der Waals surface area contributed by atoms with E-state index in [1.165, 1.54) is 16.7 Å². The minimum Gasteiger partial charge on any atom is -0.490 e. The van der Waals surface area contributed by atoms with Gasteiger partial charge in [-0.15, -0.1) is 4.36 Å². The Morgan fingerprint density at radius 2 is 2.02 bits per heavy atom. The molecule has 276 valence electrons. The molecule has 51 heavy (non-hydrogen) atoms. The van der Waals surface area contributed by atoms with Gasteiger partial charge < -0.3 is 24.8 Å². The molecule has 7 rings (SSSR count). The third-order valence-corrected chi connectivity index (χ3v) is 14.1. The van der Waals surface area contributed by atoms with Crippen molar-refractivity contribution < 1.29 is 28.4 Å². The number of methoxy groups -OCH3 is 1. The van der Waals surface area contributed by atoms with Crippen LogP contribution in [0.5, 0.6) is 5.75 Å². The van der Waals surface area contributed by atoms with Crippen LogP contribution in [0.3, 0.4) is 0 Å². The molecule has 10 nitrogen and oxygen atoms in total. The molecule has 1 spiro atoms. The zero-order chi connectivity index (χ0) is 36.0. The fraction of sp³-hybridized carbons (Fsp3) is 0.600. The molecule has 3 N–H and O–H groups in total. The highest BCUT2D eigenvalue weighted by molar-refractivity contribution is 7.92. The summed E-state index contributed by atoms with van der Waals surface area (Å²) in [5.74, 6) is 0.737. The molecule has 2 fully saturated rings. The minimum atomic E-state index is -3.50. The van der Waals surface area contributed by atoms with Crippen LogP contribution in [-0.4, -0.2) is 72.6 Å². The molecule has 0 radical (unpaired) electrons. The van der Waals surface area contributed by atoms with Crippen molar-refractivity contribution in [1.29, 1.82) is 0 Å². The van der Waals surface area contributed by atoms with Gasteiger partial charge in [0.2, 0.25) is 0 Å². The number of fused-ring (bicyclic) bond motifs is 4. The second-order valence-electron chi connectivity index (χ2n) is 16.5. The summed E-state index contributed by atoms with van der Waals surface area (Å²) in [7, 11) is -1.73. The lowest BCUT2D eigenvalue weighted by Crippen LogP contribution is -2.54. The fourth-order valence-electron chi connectivity index (χ4n) is 9.25. The standard InChI is InChI=1S/C40H54N4O6S/c1-26-10-14-33-28(17-26)8-6-16-40(33)23-44-21-30-11-13-32(30)35(49-4)9-5-7-27(2)22-51(48,43-38(47)41-31-19-39(3,20-31)24-45)42-37(46)29-12-15-36(50-25-40)34(44)18-29/h5,9-10,12,14-15,17-18,27,30-32,35,45H,6-8,11,13,16,19-25H2,1-4H3,(H2,41,42,43,46,47,48)/b9-5+/t27-,30-,31?,32+,35-,39?,40-,51?/m0/s1. The Morgan fingerprint density at radius 3 is 2.76 bits per heavy atom. The van der Waals surface area contributed by atoms with Crippen molar-refractivity contribution in [1.82, 2.24) is 10.0 Å². The molecule has 2 aromatic rings. The van der Waals surface area contributed by atoms with Crippen LogP contribution in [0.15, 0.2) is 52.9 Å². The molecule has 0 aromatic heterocycles. The molecule has 3 amide bonds. The number of aliphatic hydroxyl groups excluding tert-OH is 1. The second-order valence-corrected chi connectivity index (χ2v) is 18.5. The number of rotatable bonds is 4. The number of nitrogens with one attached hydrogen (secondary N) is 2. The Bertz CT molecular complexity index is 1810. The molecule has 5 aliphatic rings. The van der Waals surface area contributed by atoms with Crippen LogP contribution in [-0.2, 0) is 26.5 Å². The monoisotopic (exact) mass is 718 g/mol. The number of allylic oxidation sites excluding steroid dienone is 1. The number of benzene rings is 2. The molecule has 0 saturated heterocycles. The number of hydrogen-bond donors (Lipinski definition) is 3. The van der Waals surface area contributed by atoms with Crippen LogP contribution in [0.1, 0.15) is 85.8 Å². The van der Waals surface area contributed by atoms with Crippen molar-refractivity contribution in [3.63, 3.8) is 0 Å². The summed E-state index contributed by atoms with van der Waals surface area (Å²) in [6, 6.07) is 11.5. The van der Waals surface area contributed by atoms with Crippen molar-refractivity contribution in [3.05, 3.63) is 70.8 Å². The number of nitrogens with zero attached hydrogens (tertiary/aromatic N) is 2. The fourth-order valence-corrected chi connectivity index (χ4v) is 11.1. The van der Waals surface area contributed by atoms with Gasteiger partial charge in [0.15, 0.2) is 0 Å². The lowest BCUT2D eigenvalue weighted by molar-refractivity contribution is 0.0131. The van der Waals surface area contributed by atoms with E-state index < -0.39 is 21.9 Å². The van der Waals surface area contributed by atoms with E-state index in [0.29, 0.717) is 43.3 Å². The summed E-state index contributed by atoms with van der Waals surface area (Å²) < 4.78 is 34.1. The number of aliphatic hydroxyl groups is 1. The van der Waals surface area contributed by atoms with E-state index in [1.807, 2.05) is 26.0 Å². The van der Waals surface area contributed by atoms with E-state index in [4.69, 9.17) is 9.47 Å². The summed E-state index contributed by atoms with van der Waals surface area (Å²) in [4.78, 5) is 29.6. The number of hydrogen-bond acceptors (Lipinski definition) is 7. The number of carbonyl (C=O) groups is 2. The Kier molecular flexibility index (Phi) is 10.0. The van der Waals surface area contributed by atoms with E-state index in [9.17, 15) is 18.9 Å². The zero-order valence-electron chi connectivity index (χ0n) is 30.5. The molecule has 2 aliphatic heterocycles. The largest absolute Gasteiger partial charge is 0.490 e. The van der Waals surface area contributed by atoms with Gasteiger partial charge in [0, 0.05) is 43.8 Å². The Hall–Kier alpha value is -3.41. The molecule has 1 unspecified atom stereocenters. The third-order valence-electron chi connectivity index (χ3n) is 12.2. The third kappa shape index (κ3) is 7.44. The molecule has 2 heterocycles. The van der Waals surface area contributed by atoms with Crippen LogP contribution >= 0.6 is 0 Å². The SMILES string of the molecule is CO[C@H]1/C=C/C[C@H](C)CS(=O)(NC(=O)NC2CC(C)(CO)C2)=NC(=O)c2ccc3c(c2)N(C[C@@H]2CC[C@H]21)C[C@@]1(CCCc2cc(C)ccc21)CO3. The number of carbonyl (C=O) groups excluding carboxylic acids is 2. The van der Waals surface area contributed by atoms with Crippen LogP contribution in [0.4, 0.5) is 10.5 Å². The van der Waals surface area contributed by atoms with Crippen molar-refractivity contribution in [2.75, 3.05) is 44.1 Å². The first kappa shape index (κ1) is 36.0. The van der Waals surface area contributed by atoms with Crippen molar-refractivity contribution in [2.24, 2.45) is 27.5 Å². The van der Waals surface area contributed by atoms with Gasteiger partial charge in [-0.05, 0) is 111 Å². The Labute approximate surface area is 303 Å². The number of anilines is 1. The quantitative estimate of drug-likeness (QED) is 0.327. The van der Waals surface area contributed by atoms with Gasteiger partial charge in [-0.2, -0.15) is 0 Å². The minimum absolute atomic E-state index is 0.0147. The van der Waals surface area contributed by atoms with E-state index >= 15 is 0 Å². The van der Waals surface area contributed by atoms with Crippen LogP contribution in [0.2, 0.25) is 0 Å². The average molecular weight is 719 g/mol. The first-order chi connectivity index (χ1) is 24.4. The van der Waals surface area contributed by atoms with Gasteiger partial charge in [0.05, 0.1) is 24.2 Å². The van der Waals surface area contributed by atoms with Crippen LogP contribution in [0, 0.1) is 30.1 Å². The highest BCUT2D eigenvalue weighted by atomic mass is 32.2. The van der Waals surface area contributed by atoms with Crippen molar-refractivity contribution in [2.45, 2.75) is 89.7 Å². The first-order valence-corrected chi connectivity index (χ1v) is 20.4. The summed E-state index contributed by atoms with van der Waals surface area (Å²) in [6.45, 7) is 8.22. The van der Waals surface area contributed by atoms with Gasteiger partial charge in [0.25, 0.3) is 5.91 Å². The predicted octanol–water partition coefficient (Wildman–Crippen LogP) is 6.09. The van der Waals surface area contributed by atoms with E-state index in [2.05, 4.69) is 56.6 Å². The second kappa shape index (κ2) is 14.2. The van der Waals surface area contributed by atoms with Gasteiger partial charge in [-0.25, -0.2) is 9.00 Å². The lowest BCUT2D eigenvalue weighted by Gasteiger charge is -2.46. The van der Waals surface area contributed by atoms with Crippen molar-refractivity contribution >= 4 is 27.5 Å². The highest BCUT2D eigenvalue weighted by Gasteiger charge is 2.45.